The zero-order valence-electron chi connectivity index (χ0n) is 11.8. The fraction of sp³-hybridized carbons (Fsp3) is 0.538. The maximum Gasteiger partial charge on any atom is 0.0521 e. The summed E-state index contributed by atoms with van der Waals surface area (Å²) < 4.78 is 0. The van der Waals surface area contributed by atoms with Crippen molar-refractivity contribution in [3.63, 3.8) is 0 Å². The zero-order valence-corrected chi connectivity index (χ0v) is 13.5. The van der Waals surface area contributed by atoms with E-state index < -0.39 is 0 Å². The van der Waals surface area contributed by atoms with Crippen molar-refractivity contribution in [1.29, 1.82) is 0 Å². The molecule has 0 aliphatic rings. The average Bonchev–Trinajstić information content (AvgIpc) is 2.44. The van der Waals surface area contributed by atoms with Crippen LogP contribution in [0.25, 0.3) is 0 Å². The number of nitrogen functional groups attached to an aromatic ring is 1. The quantitative estimate of drug-likeness (QED) is 0.418. The Kier molecular flexibility index (Phi) is 17.8. The lowest BCUT2D eigenvalue weighted by molar-refractivity contribution is 0.322. The molecule has 0 aliphatic heterocycles. The van der Waals surface area contributed by atoms with Gasteiger partial charge < -0.3 is 26.7 Å². The van der Waals surface area contributed by atoms with E-state index in [1.54, 1.807) is 23.5 Å². The van der Waals surface area contributed by atoms with E-state index in [1.807, 2.05) is 31.3 Å². The molecule has 5 nitrogen and oxygen atoms in total. The van der Waals surface area contributed by atoms with Crippen LogP contribution in [0.4, 0.5) is 11.4 Å². The molecule has 7 N–H and O–H groups in total. The molecule has 0 fully saturated rings. The van der Waals surface area contributed by atoms with Crippen LogP contribution in [0, 0.1) is 0 Å². The number of rotatable bonds is 8. The van der Waals surface area contributed by atoms with Crippen molar-refractivity contribution < 1.29 is 15.7 Å². The van der Waals surface area contributed by atoms with Gasteiger partial charge in [0.1, 0.15) is 0 Å². The van der Waals surface area contributed by atoms with Gasteiger partial charge in [-0.05, 0) is 24.3 Å². The lowest BCUT2D eigenvalue weighted by atomic mass is 10.3. The summed E-state index contributed by atoms with van der Waals surface area (Å²) in [5, 5.41) is 19.8. The fourth-order valence-electron chi connectivity index (χ4n) is 1.10. The first-order valence-electron chi connectivity index (χ1n) is 6.15. The molecular formula is C13H26N2O3S2. The molecular weight excluding hydrogens is 296 g/mol. The summed E-state index contributed by atoms with van der Waals surface area (Å²) in [4.78, 5) is 0. The van der Waals surface area contributed by atoms with Gasteiger partial charge in [-0.25, -0.2) is 0 Å². The van der Waals surface area contributed by atoms with Gasteiger partial charge >= 0.3 is 0 Å². The number of aliphatic hydroxyl groups is 2. The SMILES string of the molecule is CNc1ccc(N)cc1.O.OCCSCCSCCO. The predicted octanol–water partition coefficient (Wildman–Crippen LogP) is 0.923. The molecule has 0 atom stereocenters. The normalized spacial score (nSPS) is 9.15. The summed E-state index contributed by atoms with van der Waals surface area (Å²) in [6, 6.07) is 7.61. The van der Waals surface area contributed by atoms with Crippen LogP contribution >= 0.6 is 23.5 Å². The first-order valence-corrected chi connectivity index (χ1v) is 8.46. The van der Waals surface area contributed by atoms with Gasteiger partial charge in [-0.15, -0.1) is 0 Å². The Labute approximate surface area is 129 Å². The lowest BCUT2D eigenvalue weighted by Crippen LogP contribution is -1.93. The number of aliphatic hydroxyl groups excluding tert-OH is 2. The van der Waals surface area contributed by atoms with E-state index in [9.17, 15) is 0 Å². The van der Waals surface area contributed by atoms with Crippen LogP contribution in [0.1, 0.15) is 0 Å². The molecule has 0 heterocycles. The number of anilines is 2. The van der Waals surface area contributed by atoms with E-state index in [1.165, 1.54) is 0 Å². The molecule has 7 heteroatoms. The van der Waals surface area contributed by atoms with Crippen LogP contribution in [0.15, 0.2) is 24.3 Å². The van der Waals surface area contributed by atoms with Gasteiger partial charge in [0.2, 0.25) is 0 Å². The second kappa shape index (κ2) is 16.5. The van der Waals surface area contributed by atoms with Gasteiger partial charge in [-0.3, -0.25) is 0 Å². The predicted molar refractivity (Wildman–Crippen MR) is 92.8 cm³/mol. The lowest BCUT2D eigenvalue weighted by Gasteiger charge is -1.97. The van der Waals surface area contributed by atoms with E-state index in [-0.39, 0.29) is 18.7 Å². The maximum atomic E-state index is 8.40. The van der Waals surface area contributed by atoms with Crippen molar-refractivity contribution in [2.75, 3.05) is 54.3 Å². The third-order valence-electron chi connectivity index (χ3n) is 2.04. The molecule has 1 aromatic rings. The minimum Gasteiger partial charge on any atom is -0.412 e. The molecule has 0 radical (unpaired) electrons. The zero-order chi connectivity index (χ0) is 14.3. The van der Waals surface area contributed by atoms with Gasteiger partial charge in [0, 0.05) is 41.4 Å². The highest BCUT2D eigenvalue weighted by molar-refractivity contribution is 8.02. The minimum absolute atomic E-state index is 0. The van der Waals surface area contributed by atoms with Crippen LogP contribution in [0.5, 0.6) is 0 Å². The molecule has 118 valence electrons. The number of thioether (sulfide) groups is 2. The van der Waals surface area contributed by atoms with Gasteiger partial charge in [-0.1, -0.05) is 0 Å². The van der Waals surface area contributed by atoms with Crippen molar-refractivity contribution in [3.05, 3.63) is 24.3 Å². The van der Waals surface area contributed by atoms with Gasteiger partial charge in [0.05, 0.1) is 13.2 Å². The van der Waals surface area contributed by atoms with Crippen molar-refractivity contribution >= 4 is 34.9 Å². The molecule has 0 aliphatic carbocycles. The highest BCUT2D eigenvalue weighted by Crippen LogP contribution is 2.08. The minimum atomic E-state index is 0. The summed E-state index contributed by atoms with van der Waals surface area (Å²) >= 11 is 3.50. The first-order chi connectivity index (χ1) is 9.24. The Morgan fingerprint density at radius 1 is 0.950 bits per heavy atom. The van der Waals surface area contributed by atoms with Gasteiger partial charge in [0.25, 0.3) is 0 Å². The molecule has 0 unspecified atom stereocenters. The van der Waals surface area contributed by atoms with Crippen LogP contribution in [0.3, 0.4) is 0 Å². The Balaban J connectivity index is 0. The third kappa shape index (κ3) is 13.8. The smallest absolute Gasteiger partial charge is 0.0521 e. The van der Waals surface area contributed by atoms with Crippen LogP contribution in [0.2, 0.25) is 0 Å². The standard InChI is InChI=1S/C7H10N2.C6H14O2S2.H2O/c1-9-7-4-2-6(8)3-5-7;7-1-3-9-5-6-10-4-2-8;/h2-5,9H,8H2,1H3;7-8H,1-6H2;1H2. The van der Waals surface area contributed by atoms with Gasteiger partial charge in [-0.2, -0.15) is 23.5 Å². The topological polar surface area (TPSA) is 110 Å². The fourth-order valence-corrected chi connectivity index (χ4v) is 2.71. The second-order valence-corrected chi connectivity index (χ2v) is 5.99. The van der Waals surface area contributed by atoms with Crippen LogP contribution in [-0.4, -0.2) is 59.0 Å². The average molecular weight is 322 g/mol. The Morgan fingerprint density at radius 3 is 1.75 bits per heavy atom. The Hall–Kier alpha value is -0.600. The molecule has 0 saturated heterocycles. The number of nitrogens with one attached hydrogen (secondary N) is 1. The van der Waals surface area contributed by atoms with Crippen molar-refractivity contribution in [2.45, 2.75) is 0 Å². The summed E-state index contributed by atoms with van der Waals surface area (Å²) in [6.45, 7) is 0.546. The third-order valence-corrected chi connectivity index (χ3v) is 4.23. The highest BCUT2D eigenvalue weighted by atomic mass is 32.2. The molecule has 0 amide bonds. The molecule has 20 heavy (non-hydrogen) atoms. The van der Waals surface area contributed by atoms with E-state index >= 15 is 0 Å². The Morgan fingerprint density at radius 2 is 1.40 bits per heavy atom. The summed E-state index contributed by atoms with van der Waals surface area (Å²) in [5.41, 5.74) is 7.34. The van der Waals surface area contributed by atoms with Crippen molar-refractivity contribution in [1.82, 2.24) is 0 Å². The number of hydrogen-bond donors (Lipinski definition) is 4. The molecule has 0 bridgehead atoms. The summed E-state index contributed by atoms with van der Waals surface area (Å²) in [6.07, 6.45) is 0. The van der Waals surface area contributed by atoms with Crippen molar-refractivity contribution in [2.24, 2.45) is 0 Å². The van der Waals surface area contributed by atoms with Gasteiger partial charge in [0.15, 0.2) is 0 Å². The monoisotopic (exact) mass is 322 g/mol. The molecule has 0 aromatic heterocycles. The molecule has 1 rings (SSSR count). The van der Waals surface area contributed by atoms with Crippen molar-refractivity contribution in [3.8, 4) is 0 Å². The van der Waals surface area contributed by atoms with Crippen LogP contribution in [-0.2, 0) is 0 Å². The molecule has 0 spiro atoms. The highest BCUT2D eigenvalue weighted by Gasteiger charge is 1.88. The molecule has 1 aromatic carbocycles. The largest absolute Gasteiger partial charge is 0.412 e. The van der Waals surface area contributed by atoms with E-state index in [0.717, 1.165) is 34.4 Å². The summed E-state index contributed by atoms with van der Waals surface area (Å²) in [7, 11) is 1.88. The first kappa shape index (κ1) is 21.7. The number of nitrogens with two attached hydrogens (primary N) is 1. The van der Waals surface area contributed by atoms with E-state index in [2.05, 4.69) is 5.32 Å². The molecule has 0 saturated carbocycles. The maximum absolute atomic E-state index is 8.40. The summed E-state index contributed by atoms with van der Waals surface area (Å²) in [5.74, 6) is 3.82. The van der Waals surface area contributed by atoms with E-state index in [0.29, 0.717) is 0 Å². The number of hydrogen-bond acceptors (Lipinski definition) is 6. The van der Waals surface area contributed by atoms with Crippen LogP contribution < -0.4 is 11.1 Å². The van der Waals surface area contributed by atoms with E-state index in [4.69, 9.17) is 15.9 Å². The number of benzene rings is 1. The second-order valence-electron chi connectivity index (χ2n) is 3.54. The Bertz CT molecular complexity index is 292.